The van der Waals surface area contributed by atoms with Crippen LogP contribution in [0.3, 0.4) is 0 Å². The highest BCUT2D eigenvalue weighted by Gasteiger charge is 2.16. The second-order valence-corrected chi connectivity index (χ2v) is 10.1. The first-order chi connectivity index (χ1) is 16.8. The minimum absolute atomic E-state index is 0.357. The van der Waals surface area contributed by atoms with Gasteiger partial charge < -0.3 is 4.42 Å². The van der Waals surface area contributed by atoms with Crippen LogP contribution in [0.1, 0.15) is 68.5 Å². The molecule has 0 spiro atoms. The van der Waals surface area contributed by atoms with Crippen molar-refractivity contribution in [1.29, 1.82) is 0 Å². The van der Waals surface area contributed by atoms with Gasteiger partial charge in [-0.2, -0.15) is 0 Å². The molecule has 0 bridgehead atoms. The molecule has 0 unspecified atom stereocenters. The van der Waals surface area contributed by atoms with Gasteiger partial charge >= 0.3 is 0 Å². The first-order valence-corrected chi connectivity index (χ1v) is 12.5. The Balaban J connectivity index is 1.82. The summed E-state index contributed by atoms with van der Waals surface area (Å²) in [6, 6.07) is 17.5. The Kier molecular flexibility index (Phi) is 7.35. The van der Waals surface area contributed by atoms with Crippen molar-refractivity contribution in [1.82, 2.24) is 4.98 Å². The maximum atomic E-state index is 6.40. The van der Waals surface area contributed by atoms with E-state index in [1.165, 1.54) is 16.7 Å². The molecule has 0 radical (unpaired) electrons. The monoisotopic (exact) mass is 464 g/mol. The number of nitrogens with zero attached hydrogens (tertiary/aromatic N) is 2. The number of aryl methyl sites for hydroxylation is 1. The number of rotatable bonds is 7. The summed E-state index contributed by atoms with van der Waals surface area (Å²) in [7, 11) is 1.80. The molecule has 0 N–H and O–H groups in total. The Hall–Kier alpha value is -3.46. The lowest BCUT2D eigenvalue weighted by Crippen LogP contribution is -1.94. The van der Waals surface area contributed by atoms with Crippen molar-refractivity contribution in [2.75, 3.05) is 7.05 Å². The molecule has 4 aromatic rings. The second-order valence-electron chi connectivity index (χ2n) is 10.1. The zero-order valence-corrected chi connectivity index (χ0v) is 22.0. The molecule has 3 nitrogen and oxygen atoms in total. The van der Waals surface area contributed by atoms with Crippen molar-refractivity contribution in [3.8, 4) is 0 Å². The molecule has 2 heterocycles. The average Bonchev–Trinajstić information content (AvgIpc) is 3.19. The van der Waals surface area contributed by atoms with Crippen molar-refractivity contribution >= 4 is 39.4 Å². The molecule has 35 heavy (non-hydrogen) atoms. The average molecular weight is 465 g/mol. The Bertz CT molecular complexity index is 1430. The van der Waals surface area contributed by atoms with Crippen molar-refractivity contribution in [3.05, 3.63) is 88.6 Å². The fourth-order valence-corrected chi connectivity index (χ4v) is 4.64. The van der Waals surface area contributed by atoms with Crippen LogP contribution in [0.2, 0.25) is 0 Å². The van der Waals surface area contributed by atoms with E-state index in [1.54, 1.807) is 7.05 Å². The van der Waals surface area contributed by atoms with E-state index in [0.29, 0.717) is 17.5 Å². The van der Waals surface area contributed by atoms with Gasteiger partial charge in [-0.1, -0.05) is 70.2 Å². The summed E-state index contributed by atoms with van der Waals surface area (Å²) in [5.74, 6) is 0.999. The van der Waals surface area contributed by atoms with Crippen LogP contribution in [0.4, 0.5) is 0 Å². The predicted molar refractivity (Wildman–Crippen MR) is 151 cm³/mol. The van der Waals surface area contributed by atoms with Gasteiger partial charge in [-0.25, -0.2) is 4.98 Å². The molecular formula is C32H36N2O. The third-order valence-corrected chi connectivity index (χ3v) is 6.43. The van der Waals surface area contributed by atoms with Crippen LogP contribution < -0.4 is 0 Å². The third-order valence-electron chi connectivity index (χ3n) is 6.43. The second kappa shape index (κ2) is 10.4. The number of benzene rings is 2. The SMILES string of the molecule is CN=C/C=C(\C=C(/C)c1c(C)ccc2c1oc1nc(C(C)C)ccc12)c1ccc(CC(C)C)cc1. The van der Waals surface area contributed by atoms with Gasteiger partial charge in [0.25, 0.3) is 0 Å². The molecule has 0 saturated carbocycles. The van der Waals surface area contributed by atoms with Crippen LogP contribution in [0, 0.1) is 12.8 Å². The maximum Gasteiger partial charge on any atom is 0.227 e. The minimum Gasteiger partial charge on any atom is -0.437 e. The predicted octanol–water partition coefficient (Wildman–Crippen LogP) is 8.80. The standard InChI is InChI=1S/C32H36N2O/c1-20(2)18-24-9-11-25(12-10-24)26(16-17-33-7)19-23(6)30-22(5)8-13-27-28-14-15-29(21(3)4)34-32(28)35-31(27)30/h8-17,19-21H,18H2,1-7H3/b23-19+,26-16+,33-17?. The zero-order valence-electron chi connectivity index (χ0n) is 22.0. The van der Waals surface area contributed by atoms with Crippen LogP contribution in [-0.2, 0) is 6.42 Å². The molecule has 2 aromatic heterocycles. The van der Waals surface area contributed by atoms with E-state index >= 15 is 0 Å². The molecule has 180 valence electrons. The van der Waals surface area contributed by atoms with Crippen molar-refractivity contribution in [3.63, 3.8) is 0 Å². The van der Waals surface area contributed by atoms with Crippen LogP contribution in [-0.4, -0.2) is 18.2 Å². The lowest BCUT2D eigenvalue weighted by Gasteiger charge is -2.11. The van der Waals surface area contributed by atoms with Gasteiger partial charge in [0.1, 0.15) is 5.58 Å². The number of hydrogen-bond acceptors (Lipinski definition) is 3. The highest BCUT2D eigenvalue weighted by molar-refractivity contribution is 6.08. The molecule has 0 amide bonds. The van der Waals surface area contributed by atoms with Crippen LogP contribution in [0.25, 0.3) is 33.2 Å². The molecule has 0 aliphatic rings. The molecule has 0 aliphatic carbocycles. The van der Waals surface area contributed by atoms with Crippen LogP contribution in [0.5, 0.6) is 0 Å². The molecule has 0 aliphatic heterocycles. The summed E-state index contributed by atoms with van der Waals surface area (Å²) < 4.78 is 6.40. The molecule has 3 heteroatoms. The Morgan fingerprint density at radius 2 is 1.69 bits per heavy atom. The highest BCUT2D eigenvalue weighted by Crippen LogP contribution is 2.36. The molecular weight excluding hydrogens is 428 g/mol. The summed E-state index contributed by atoms with van der Waals surface area (Å²) >= 11 is 0. The van der Waals surface area contributed by atoms with E-state index in [2.05, 4.69) is 107 Å². The topological polar surface area (TPSA) is 38.4 Å². The van der Waals surface area contributed by atoms with Crippen LogP contribution in [0.15, 0.2) is 70.1 Å². The quantitative estimate of drug-likeness (QED) is 0.202. The van der Waals surface area contributed by atoms with Crippen LogP contribution >= 0.6 is 0 Å². The zero-order chi connectivity index (χ0) is 25.1. The molecule has 0 fully saturated rings. The van der Waals surface area contributed by atoms with E-state index in [4.69, 9.17) is 9.40 Å². The Morgan fingerprint density at radius 3 is 2.34 bits per heavy atom. The normalized spacial score (nSPS) is 13.3. The number of allylic oxidation sites excluding steroid dienone is 4. The van der Waals surface area contributed by atoms with Gasteiger partial charge in [-0.15, -0.1) is 0 Å². The van der Waals surface area contributed by atoms with Gasteiger partial charge in [0.2, 0.25) is 5.71 Å². The number of pyridine rings is 1. The lowest BCUT2D eigenvalue weighted by molar-refractivity contribution is 0.646. The van der Waals surface area contributed by atoms with Gasteiger partial charge in [0.05, 0.1) is 0 Å². The van der Waals surface area contributed by atoms with Crippen molar-refractivity contribution in [2.24, 2.45) is 10.9 Å². The third kappa shape index (κ3) is 5.30. The smallest absolute Gasteiger partial charge is 0.227 e. The van der Waals surface area contributed by atoms with Gasteiger partial charge in [0, 0.05) is 35.3 Å². The fraction of sp³-hybridized carbons (Fsp3) is 0.312. The highest BCUT2D eigenvalue weighted by atomic mass is 16.3. The Labute approximate surface area is 209 Å². The Morgan fingerprint density at radius 1 is 0.971 bits per heavy atom. The van der Waals surface area contributed by atoms with Gasteiger partial charge in [0.15, 0.2) is 0 Å². The number of furan rings is 1. The molecule has 0 atom stereocenters. The first-order valence-electron chi connectivity index (χ1n) is 12.5. The van der Waals surface area contributed by atoms with Gasteiger partial charge in [-0.05, 0) is 78.1 Å². The summed E-state index contributed by atoms with van der Waals surface area (Å²) in [6.45, 7) is 13.1. The first kappa shape index (κ1) is 24.7. The number of aromatic nitrogens is 1. The summed E-state index contributed by atoms with van der Waals surface area (Å²) in [5.41, 5.74) is 9.78. The van der Waals surface area contributed by atoms with E-state index in [9.17, 15) is 0 Å². The van der Waals surface area contributed by atoms with Gasteiger partial charge in [-0.3, -0.25) is 4.99 Å². The van der Waals surface area contributed by atoms with Crippen molar-refractivity contribution in [2.45, 2.75) is 53.9 Å². The van der Waals surface area contributed by atoms with Crippen molar-refractivity contribution < 1.29 is 4.42 Å². The minimum atomic E-state index is 0.357. The summed E-state index contributed by atoms with van der Waals surface area (Å²) in [5, 5.41) is 2.17. The largest absolute Gasteiger partial charge is 0.437 e. The molecule has 2 aromatic carbocycles. The fourth-order valence-electron chi connectivity index (χ4n) is 4.64. The molecule has 0 saturated heterocycles. The van der Waals surface area contributed by atoms with E-state index in [-0.39, 0.29) is 0 Å². The summed E-state index contributed by atoms with van der Waals surface area (Å²) in [6.07, 6.45) is 7.25. The van der Waals surface area contributed by atoms with E-state index in [1.807, 2.05) is 6.21 Å². The number of aliphatic imine (C=N–C) groups is 1. The number of fused-ring (bicyclic) bond motifs is 3. The number of hydrogen-bond donors (Lipinski definition) is 0. The maximum absolute atomic E-state index is 6.40. The lowest BCUT2D eigenvalue weighted by atomic mass is 9.94. The molecule has 4 rings (SSSR count). The van der Waals surface area contributed by atoms with E-state index in [0.717, 1.165) is 45.2 Å². The van der Waals surface area contributed by atoms with E-state index < -0.39 is 0 Å². The summed E-state index contributed by atoms with van der Waals surface area (Å²) in [4.78, 5) is 9.00.